The van der Waals surface area contributed by atoms with Crippen molar-refractivity contribution in [1.29, 1.82) is 0 Å². The number of benzene rings is 2. The predicted octanol–water partition coefficient (Wildman–Crippen LogP) is 9.38. The summed E-state index contributed by atoms with van der Waals surface area (Å²) >= 11 is 0. The molecule has 1 aliphatic rings. The number of aromatic nitrogens is 6. The highest BCUT2D eigenvalue weighted by atomic mass is 14.9. The number of aliphatic imine (C=N–C) groups is 2. The van der Waals surface area contributed by atoms with Crippen molar-refractivity contribution in [3.8, 4) is 44.8 Å². The summed E-state index contributed by atoms with van der Waals surface area (Å²) in [6, 6.07) is 40.3. The molecule has 8 nitrogen and oxygen atoms in total. The highest BCUT2D eigenvalue weighted by Gasteiger charge is 2.22. The monoisotopic (exact) mass is 668 g/mol. The molecule has 9 rings (SSSR count). The molecule has 8 heteroatoms. The van der Waals surface area contributed by atoms with Crippen molar-refractivity contribution in [2.45, 2.75) is 0 Å². The highest BCUT2D eigenvalue weighted by Crippen LogP contribution is 2.33. The zero-order chi connectivity index (χ0) is 34.7. The summed E-state index contributed by atoms with van der Waals surface area (Å²) in [5, 5.41) is 0. The summed E-state index contributed by atoms with van der Waals surface area (Å²) in [5.41, 5.74) is 13.8. The maximum Gasteiger partial charge on any atom is 0.115 e. The first-order chi connectivity index (χ1) is 25.8. The average molecular weight is 669 g/mol. The molecular weight excluding hydrogens is 641 g/mol. The van der Waals surface area contributed by atoms with Crippen molar-refractivity contribution >= 4 is 22.8 Å². The lowest BCUT2D eigenvalue weighted by Gasteiger charge is -2.17. The van der Waals surface area contributed by atoms with E-state index in [1.165, 1.54) is 0 Å². The zero-order valence-electron chi connectivity index (χ0n) is 27.7. The molecule has 0 amide bonds. The lowest BCUT2D eigenvalue weighted by Crippen LogP contribution is -2.12. The highest BCUT2D eigenvalue weighted by molar-refractivity contribution is 6.21. The van der Waals surface area contributed by atoms with Gasteiger partial charge in [-0.05, 0) is 71.8 Å². The number of hydrogen-bond donors (Lipinski definition) is 0. The van der Waals surface area contributed by atoms with Gasteiger partial charge in [0.15, 0.2) is 0 Å². The molecule has 0 radical (unpaired) electrons. The molecule has 7 heterocycles. The van der Waals surface area contributed by atoms with Gasteiger partial charge < -0.3 is 0 Å². The molecule has 0 N–H and O–H groups in total. The van der Waals surface area contributed by atoms with E-state index in [0.717, 1.165) is 67.3 Å². The molecule has 1 aliphatic heterocycles. The van der Waals surface area contributed by atoms with Crippen LogP contribution >= 0.6 is 0 Å². The van der Waals surface area contributed by atoms with Gasteiger partial charge in [-0.25, -0.2) is 9.98 Å². The second-order valence-electron chi connectivity index (χ2n) is 12.2. The van der Waals surface area contributed by atoms with Crippen molar-refractivity contribution in [3.05, 3.63) is 193 Å². The van der Waals surface area contributed by atoms with Crippen LogP contribution < -0.4 is 0 Å². The Kier molecular flexibility index (Phi) is 7.99. The fourth-order valence-corrected chi connectivity index (χ4v) is 6.27. The Morgan fingerprint density at radius 1 is 0.308 bits per heavy atom. The van der Waals surface area contributed by atoms with E-state index >= 15 is 0 Å². The summed E-state index contributed by atoms with van der Waals surface area (Å²) in [6.45, 7) is 0. The summed E-state index contributed by atoms with van der Waals surface area (Å²) in [6.07, 6.45) is 14.5. The third kappa shape index (κ3) is 6.05. The van der Waals surface area contributed by atoms with E-state index < -0.39 is 0 Å². The molecule has 244 valence electrons. The molecule has 0 atom stereocenters. The van der Waals surface area contributed by atoms with Gasteiger partial charge in [0, 0.05) is 83.0 Å². The summed E-state index contributed by atoms with van der Waals surface area (Å²) < 4.78 is 0. The maximum atomic E-state index is 5.22. The van der Waals surface area contributed by atoms with E-state index in [-0.39, 0.29) is 0 Å². The number of nitrogens with zero attached hydrogens (tertiary/aromatic N) is 8. The fourth-order valence-electron chi connectivity index (χ4n) is 6.27. The van der Waals surface area contributed by atoms with Crippen molar-refractivity contribution in [2.24, 2.45) is 9.98 Å². The van der Waals surface area contributed by atoms with Crippen LogP contribution in [0.2, 0.25) is 0 Å². The standard InChI is InChI=1S/C44H28N8/c1-3-19-47-37(7-1)35-23-33(25-45-27-35)29-11-15-31(16-12-29)41-43-39(9-5-21-49-43)52-42(44-40(51-41)10-6-22-50-44)32-17-13-30(14-18-32)34-24-36(28-46-26-34)38-8-2-4-20-48-38/h1-28H. The van der Waals surface area contributed by atoms with Crippen LogP contribution in [-0.2, 0) is 0 Å². The van der Waals surface area contributed by atoms with Crippen molar-refractivity contribution in [2.75, 3.05) is 0 Å². The van der Waals surface area contributed by atoms with Gasteiger partial charge in [0.1, 0.15) is 11.4 Å². The van der Waals surface area contributed by atoms with Crippen molar-refractivity contribution in [3.63, 3.8) is 0 Å². The number of hydrogen-bond acceptors (Lipinski definition) is 8. The average Bonchev–Trinajstić information content (AvgIpc) is 3.22. The lowest BCUT2D eigenvalue weighted by atomic mass is 9.97. The zero-order valence-corrected chi connectivity index (χ0v) is 27.7. The second-order valence-corrected chi connectivity index (χ2v) is 12.2. The van der Waals surface area contributed by atoms with Crippen LogP contribution in [0.4, 0.5) is 11.4 Å². The van der Waals surface area contributed by atoms with Gasteiger partial charge in [-0.15, -0.1) is 0 Å². The topological polar surface area (TPSA) is 102 Å². The molecule has 0 aliphatic carbocycles. The minimum Gasteiger partial charge on any atom is -0.263 e. The minimum absolute atomic E-state index is 0.690. The van der Waals surface area contributed by atoms with E-state index in [2.05, 4.69) is 80.6 Å². The third-order valence-electron chi connectivity index (χ3n) is 8.87. The Bertz CT molecular complexity index is 2420. The van der Waals surface area contributed by atoms with Crippen LogP contribution in [0, 0.1) is 0 Å². The van der Waals surface area contributed by atoms with Crippen LogP contribution in [0.1, 0.15) is 22.5 Å². The van der Waals surface area contributed by atoms with E-state index in [0.29, 0.717) is 22.8 Å². The summed E-state index contributed by atoms with van der Waals surface area (Å²) in [4.78, 5) is 38.0. The normalized spacial score (nSPS) is 12.1. The Labute approximate surface area is 300 Å². The molecular formula is C44H28N8. The van der Waals surface area contributed by atoms with Gasteiger partial charge in [-0.3, -0.25) is 29.9 Å². The van der Waals surface area contributed by atoms with Gasteiger partial charge in [-0.2, -0.15) is 0 Å². The molecule has 0 unspecified atom stereocenters. The SMILES string of the molecule is c1ccc(-c2cncc(-c3ccc(C4=Nc5cccnc5C(c5ccc(-c6cncc(-c7ccccn7)c6)cc5)=Nc5cccnc54)cc3)c2)nc1. The molecule has 52 heavy (non-hydrogen) atoms. The summed E-state index contributed by atoms with van der Waals surface area (Å²) in [7, 11) is 0. The van der Waals surface area contributed by atoms with Gasteiger partial charge in [-0.1, -0.05) is 60.7 Å². The minimum atomic E-state index is 0.690. The van der Waals surface area contributed by atoms with E-state index in [9.17, 15) is 0 Å². The molecule has 2 aromatic carbocycles. The number of pyridine rings is 6. The summed E-state index contributed by atoms with van der Waals surface area (Å²) in [5.74, 6) is 0. The first kappa shape index (κ1) is 30.7. The Morgan fingerprint density at radius 2 is 0.712 bits per heavy atom. The van der Waals surface area contributed by atoms with Gasteiger partial charge in [0.2, 0.25) is 0 Å². The van der Waals surface area contributed by atoms with E-state index in [4.69, 9.17) is 20.0 Å². The number of fused-ring (bicyclic) bond motifs is 2. The van der Waals surface area contributed by atoms with Crippen molar-refractivity contribution in [1.82, 2.24) is 29.9 Å². The fraction of sp³-hybridized carbons (Fsp3) is 0. The van der Waals surface area contributed by atoms with Crippen LogP contribution in [0.5, 0.6) is 0 Å². The van der Waals surface area contributed by atoms with Crippen LogP contribution in [-0.4, -0.2) is 41.3 Å². The molecule has 0 saturated heterocycles. The molecule has 0 spiro atoms. The third-order valence-corrected chi connectivity index (χ3v) is 8.87. The van der Waals surface area contributed by atoms with E-state index in [1.54, 1.807) is 24.8 Å². The predicted molar refractivity (Wildman–Crippen MR) is 205 cm³/mol. The quantitative estimate of drug-likeness (QED) is 0.175. The van der Waals surface area contributed by atoms with Crippen LogP contribution in [0.25, 0.3) is 44.8 Å². The van der Waals surface area contributed by atoms with E-state index in [1.807, 2.05) is 85.5 Å². The second kappa shape index (κ2) is 13.5. The largest absolute Gasteiger partial charge is 0.263 e. The van der Waals surface area contributed by atoms with Gasteiger partial charge >= 0.3 is 0 Å². The molecule has 0 saturated carbocycles. The Balaban J connectivity index is 1.07. The molecule has 0 bridgehead atoms. The van der Waals surface area contributed by atoms with Gasteiger partial charge in [0.05, 0.1) is 34.2 Å². The molecule has 0 fully saturated rings. The lowest BCUT2D eigenvalue weighted by molar-refractivity contribution is 1.22. The number of rotatable bonds is 6. The smallest absolute Gasteiger partial charge is 0.115 e. The van der Waals surface area contributed by atoms with Crippen LogP contribution in [0.15, 0.2) is 181 Å². The first-order valence-corrected chi connectivity index (χ1v) is 16.8. The maximum absolute atomic E-state index is 5.22. The Morgan fingerprint density at radius 3 is 1.13 bits per heavy atom. The van der Waals surface area contributed by atoms with Crippen LogP contribution in [0.3, 0.4) is 0 Å². The first-order valence-electron chi connectivity index (χ1n) is 16.8. The molecule has 8 aromatic rings. The van der Waals surface area contributed by atoms with Crippen molar-refractivity contribution < 1.29 is 0 Å². The van der Waals surface area contributed by atoms with Gasteiger partial charge in [0.25, 0.3) is 0 Å². The Hall–Kier alpha value is -7.32. The molecule has 6 aromatic heterocycles.